The van der Waals surface area contributed by atoms with Gasteiger partial charge in [-0.1, -0.05) is 24.2 Å². The van der Waals surface area contributed by atoms with Crippen molar-refractivity contribution in [1.82, 2.24) is 10.5 Å². The van der Waals surface area contributed by atoms with Gasteiger partial charge in [-0.25, -0.2) is 4.39 Å². The SMILES string of the molecule is Cc1cc(C(=O)NCC(C)c2ccc(F)cc2)on1. The summed E-state index contributed by atoms with van der Waals surface area (Å²) in [7, 11) is 0. The van der Waals surface area contributed by atoms with Gasteiger partial charge in [-0.05, 0) is 30.5 Å². The Balaban J connectivity index is 1.91. The third-order valence-corrected chi connectivity index (χ3v) is 2.86. The van der Waals surface area contributed by atoms with Crippen LogP contribution in [0.1, 0.15) is 34.7 Å². The number of hydrogen-bond donors (Lipinski definition) is 1. The molecule has 0 fully saturated rings. The number of rotatable bonds is 4. The lowest BCUT2D eigenvalue weighted by molar-refractivity contribution is 0.0914. The molecule has 1 heterocycles. The zero-order valence-corrected chi connectivity index (χ0v) is 10.8. The summed E-state index contributed by atoms with van der Waals surface area (Å²) in [6, 6.07) is 7.83. The third kappa shape index (κ3) is 3.40. The summed E-state index contributed by atoms with van der Waals surface area (Å²) in [5, 5.41) is 6.41. The first kappa shape index (κ1) is 13.3. The maximum atomic E-state index is 12.8. The molecule has 1 amide bonds. The van der Waals surface area contributed by atoms with Gasteiger partial charge in [0.2, 0.25) is 5.76 Å². The number of aromatic nitrogens is 1. The molecule has 1 atom stereocenters. The van der Waals surface area contributed by atoms with E-state index < -0.39 is 0 Å². The van der Waals surface area contributed by atoms with Gasteiger partial charge in [-0.2, -0.15) is 0 Å². The highest BCUT2D eigenvalue weighted by molar-refractivity contribution is 5.91. The normalized spacial score (nSPS) is 12.2. The molecular formula is C14H15FN2O2. The van der Waals surface area contributed by atoms with Crippen LogP contribution in [0.15, 0.2) is 34.9 Å². The van der Waals surface area contributed by atoms with Crippen LogP contribution < -0.4 is 5.32 Å². The topological polar surface area (TPSA) is 55.1 Å². The zero-order chi connectivity index (χ0) is 13.8. The van der Waals surface area contributed by atoms with E-state index in [-0.39, 0.29) is 23.4 Å². The molecule has 1 N–H and O–H groups in total. The van der Waals surface area contributed by atoms with Gasteiger partial charge in [-0.3, -0.25) is 4.79 Å². The van der Waals surface area contributed by atoms with Gasteiger partial charge in [0.1, 0.15) is 5.82 Å². The highest BCUT2D eigenvalue weighted by atomic mass is 19.1. The van der Waals surface area contributed by atoms with Crippen LogP contribution in [0.4, 0.5) is 4.39 Å². The van der Waals surface area contributed by atoms with Crippen molar-refractivity contribution < 1.29 is 13.7 Å². The van der Waals surface area contributed by atoms with Crippen LogP contribution in [-0.2, 0) is 0 Å². The number of carbonyl (C=O) groups is 1. The molecule has 0 aliphatic heterocycles. The Labute approximate surface area is 110 Å². The Kier molecular flexibility index (Phi) is 3.94. The molecule has 2 rings (SSSR count). The van der Waals surface area contributed by atoms with Crippen molar-refractivity contribution >= 4 is 5.91 Å². The van der Waals surface area contributed by atoms with Crippen LogP contribution in [0.2, 0.25) is 0 Å². The third-order valence-electron chi connectivity index (χ3n) is 2.86. The van der Waals surface area contributed by atoms with Crippen molar-refractivity contribution in [3.63, 3.8) is 0 Å². The molecule has 100 valence electrons. The standard InChI is InChI=1S/C14H15FN2O2/c1-9(11-3-5-12(15)6-4-11)8-16-14(18)13-7-10(2)17-19-13/h3-7,9H,8H2,1-2H3,(H,16,18). The van der Waals surface area contributed by atoms with Gasteiger partial charge < -0.3 is 9.84 Å². The van der Waals surface area contributed by atoms with Gasteiger partial charge in [-0.15, -0.1) is 0 Å². The van der Waals surface area contributed by atoms with E-state index in [0.29, 0.717) is 12.2 Å². The number of amides is 1. The lowest BCUT2D eigenvalue weighted by Crippen LogP contribution is -2.27. The molecule has 1 aromatic heterocycles. The molecule has 0 aliphatic rings. The van der Waals surface area contributed by atoms with Crippen molar-refractivity contribution in [2.24, 2.45) is 0 Å². The van der Waals surface area contributed by atoms with E-state index >= 15 is 0 Å². The van der Waals surface area contributed by atoms with E-state index in [1.807, 2.05) is 6.92 Å². The summed E-state index contributed by atoms with van der Waals surface area (Å²) in [6.07, 6.45) is 0. The molecule has 0 spiro atoms. The summed E-state index contributed by atoms with van der Waals surface area (Å²) in [5.74, 6) is -0.274. The Morgan fingerprint density at radius 1 is 1.42 bits per heavy atom. The van der Waals surface area contributed by atoms with Crippen molar-refractivity contribution in [2.75, 3.05) is 6.54 Å². The van der Waals surface area contributed by atoms with Crippen molar-refractivity contribution in [2.45, 2.75) is 19.8 Å². The second-order valence-corrected chi connectivity index (χ2v) is 4.50. The molecule has 1 aromatic carbocycles. The highest BCUT2D eigenvalue weighted by Gasteiger charge is 2.13. The van der Waals surface area contributed by atoms with Gasteiger partial charge in [0.25, 0.3) is 5.91 Å². The smallest absolute Gasteiger partial charge is 0.289 e. The fraction of sp³-hybridized carbons (Fsp3) is 0.286. The highest BCUT2D eigenvalue weighted by Crippen LogP contribution is 2.14. The minimum atomic E-state index is -0.297. The molecule has 0 radical (unpaired) electrons. The van der Waals surface area contributed by atoms with Crippen molar-refractivity contribution in [1.29, 1.82) is 0 Å². The number of hydrogen-bond acceptors (Lipinski definition) is 3. The van der Waals surface area contributed by atoms with E-state index in [2.05, 4.69) is 10.5 Å². The molecule has 2 aromatic rings. The second kappa shape index (κ2) is 5.65. The fourth-order valence-electron chi connectivity index (χ4n) is 1.71. The van der Waals surface area contributed by atoms with Crippen molar-refractivity contribution in [3.8, 4) is 0 Å². The van der Waals surface area contributed by atoms with Crippen LogP contribution in [0.25, 0.3) is 0 Å². The quantitative estimate of drug-likeness (QED) is 0.921. The first-order valence-corrected chi connectivity index (χ1v) is 6.03. The van der Waals surface area contributed by atoms with Crippen LogP contribution in [0.3, 0.4) is 0 Å². The average molecular weight is 262 g/mol. The molecule has 1 unspecified atom stereocenters. The first-order chi connectivity index (χ1) is 9.06. The maximum Gasteiger partial charge on any atom is 0.289 e. The van der Waals surface area contributed by atoms with E-state index in [0.717, 1.165) is 5.56 Å². The van der Waals surface area contributed by atoms with Gasteiger partial charge >= 0.3 is 0 Å². The molecule has 4 nitrogen and oxygen atoms in total. The lowest BCUT2D eigenvalue weighted by Gasteiger charge is -2.12. The van der Waals surface area contributed by atoms with E-state index in [9.17, 15) is 9.18 Å². The molecule has 5 heteroatoms. The van der Waals surface area contributed by atoms with Crippen LogP contribution >= 0.6 is 0 Å². The van der Waals surface area contributed by atoms with Gasteiger partial charge in [0, 0.05) is 12.6 Å². The average Bonchev–Trinajstić information content (AvgIpc) is 2.83. The number of carbonyl (C=O) groups excluding carboxylic acids is 1. The maximum absolute atomic E-state index is 12.8. The van der Waals surface area contributed by atoms with Crippen LogP contribution in [0.5, 0.6) is 0 Å². The Morgan fingerprint density at radius 2 is 2.11 bits per heavy atom. The summed E-state index contributed by atoms with van der Waals surface area (Å²) in [6.45, 7) is 4.16. The molecule has 0 aliphatic carbocycles. The summed E-state index contributed by atoms with van der Waals surface area (Å²) in [4.78, 5) is 11.7. The number of nitrogens with zero attached hydrogens (tertiary/aromatic N) is 1. The van der Waals surface area contributed by atoms with E-state index in [1.165, 1.54) is 12.1 Å². The summed E-state index contributed by atoms with van der Waals surface area (Å²) < 4.78 is 17.7. The predicted molar refractivity (Wildman–Crippen MR) is 68.4 cm³/mol. The number of nitrogens with one attached hydrogen (secondary N) is 1. The molecule has 0 saturated heterocycles. The van der Waals surface area contributed by atoms with Gasteiger partial charge in [0.05, 0.1) is 5.69 Å². The molecular weight excluding hydrogens is 247 g/mol. The van der Waals surface area contributed by atoms with E-state index in [1.54, 1.807) is 25.1 Å². The number of benzene rings is 1. The second-order valence-electron chi connectivity index (χ2n) is 4.50. The van der Waals surface area contributed by atoms with Crippen LogP contribution in [0, 0.1) is 12.7 Å². The molecule has 0 bridgehead atoms. The van der Waals surface area contributed by atoms with Crippen molar-refractivity contribution in [3.05, 3.63) is 53.2 Å². The Bertz CT molecular complexity index is 563. The summed E-state index contributed by atoms with van der Waals surface area (Å²) in [5.41, 5.74) is 1.63. The first-order valence-electron chi connectivity index (χ1n) is 6.03. The minimum Gasteiger partial charge on any atom is -0.351 e. The predicted octanol–water partition coefficient (Wildman–Crippen LogP) is 2.66. The van der Waals surface area contributed by atoms with Gasteiger partial charge in [0.15, 0.2) is 0 Å². The number of halogens is 1. The Hall–Kier alpha value is -2.17. The van der Waals surface area contributed by atoms with E-state index in [4.69, 9.17) is 4.52 Å². The molecule has 19 heavy (non-hydrogen) atoms. The fourth-order valence-corrected chi connectivity index (χ4v) is 1.71. The zero-order valence-electron chi connectivity index (χ0n) is 10.8. The minimum absolute atomic E-state index is 0.0913. The molecule has 0 saturated carbocycles. The monoisotopic (exact) mass is 262 g/mol. The lowest BCUT2D eigenvalue weighted by atomic mass is 10.0. The largest absolute Gasteiger partial charge is 0.351 e. The Morgan fingerprint density at radius 3 is 2.68 bits per heavy atom. The van der Waals surface area contributed by atoms with Crippen LogP contribution in [-0.4, -0.2) is 17.6 Å². The number of aryl methyl sites for hydroxylation is 1. The summed E-state index contributed by atoms with van der Waals surface area (Å²) >= 11 is 0.